The van der Waals surface area contributed by atoms with E-state index >= 15 is 0 Å². The summed E-state index contributed by atoms with van der Waals surface area (Å²) < 4.78 is 20.5. The van der Waals surface area contributed by atoms with Crippen LogP contribution in [0.3, 0.4) is 0 Å². The lowest BCUT2D eigenvalue weighted by molar-refractivity contribution is -0.156. The number of methoxy groups -OCH3 is 1. The number of carbonyl (C=O) groups is 3. The lowest BCUT2D eigenvalue weighted by Crippen LogP contribution is -2.61. The Kier molecular flexibility index (Phi) is 11.0. The van der Waals surface area contributed by atoms with Crippen LogP contribution >= 0.6 is 11.3 Å². The number of ether oxygens (including phenoxy) is 3. The van der Waals surface area contributed by atoms with Gasteiger partial charge in [-0.05, 0) is 82.2 Å². The number of cyclic esters (lactones) is 1. The summed E-state index contributed by atoms with van der Waals surface area (Å²) in [6.07, 6.45) is 3.22. The Bertz CT molecular complexity index is 2040. The topological polar surface area (TPSA) is 137 Å². The average molecular weight is 757 g/mol. The van der Waals surface area contributed by atoms with E-state index in [0.29, 0.717) is 37.4 Å². The molecule has 288 valence electrons. The fraction of sp³-hybridized carbons (Fsp3) is 0.537. The Morgan fingerprint density at radius 2 is 2.02 bits per heavy atom. The van der Waals surface area contributed by atoms with Gasteiger partial charge in [-0.1, -0.05) is 26.8 Å². The van der Waals surface area contributed by atoms with Gasteiger partial charge in [-0.15, -0.1) is 11.3 Å². The molecule has 1 saturated heterocycles. The highest BCUT2D eigenvalue weighted by atomic mass is 32.1. The maximum atomic E-state index is 14.4. The smallest absolute Gasteiger partial charge is 0.324 e. The van der Waals surface area contributed by atoms with E-state index in [1.165, 1.54) is 16.3 Å². The third-order valence-electron chi connectivity index (χ3n) is 11.0. The summed E-state index contributed by atoms with van der Waals surface area (Å²) in [5, 5.41) is 8.16. The van der Waals surface area contributed by atoms with E-state index in [9.17, 15) is 14.4 Å². The van der Waals surface area contributed by atoms with Gasteiger partial charge >= 0.3 is 5.97 Å². The predicted octanol–water partition coefficient (Wildman–Crippen LogP) is 6.39. The first-order chi connectivity index (χ1) is 25.9. The molecule has 12 nitrogen and oxygen atoms in total. The molecule has 6 atom stereocenters. The molecule has 1 aromatic carbocycles. The number of hydrogen-bond acceptors (Lipinski definition) is 10. The molecule has 0 unspecified atom stereocenters. The van der Waals surface area contributed by atoms with Gasteiger partial charge < -0.3 is 24.1 Å². The summed E-state index contributed by atoms with van der Waals surface area (Å²) in [6.45, 7) is 13.8. The van der Waals surface area contributed by atoms with Gasteiger partial charge in [0.25, 0.3) is 5.91 Å². The number of pyridine rings is 1. The number of fused-ring (bicyclic) bond motifs is 6. The summed E-state index contributed by atoms with van der Waals surface area (Å²) in [7, 11) is 1.69. The van der Waals surface area contributed by atoms with Crippen molar-refractivity contribution in [2.24, 2.45) is 17.3 Å². The minimum atomic E-state index is -1.05. The lowest BCUT2D eigenvalue weighted by Gasteiger charge is -2.37. The summed E-state index contributed by atoms with van der Waals surface area (Å²) >= 11 is 1.41. The van der Waals surface area contributed by atoms with Crippen LogP contribution < -0.4 is 10.7 Å². The monoisotopic (exact) mass is 756 g/mol. The number of carbonyl (C=O) groups excluding carboxylic acids is 3. The van der Waals surface area contributed by atoms with Crippen molar-refractivity contribution in [3.05, 3.63) is 58.2 Å². The highest BCUT2D eigenvalue weighted by Gasteiger charge is 2.45. The normalized spacial score (nSPS) is 24.9. The van der Waals surface area contributed by atoms with Crippen molar-refractivity contribution < 1.29 is 28.6 Å². The zero-order chi connectivity index (χ0) is 38.3. The molecule has 2 amide bonds. The number of hydrazine groups is 1. The van der Waals surface area contributed by atoms with E-state index in [0.717, 1.165) is 57.6 Å². The van der Waals surface area contributed by atoms with Crippen molar-refractivity contribution >= 4 is 40.0 Å². The molecule has 3 aromatic heterocycles. The molecule has 0 spiro atoms. The van der Waals surface area contributed by atoms with E-state index in [1.54, 1.807) is 13.3 Å². The molecule has 6 bridgehead atoms. The molecule has 1 saturated carbocycles. The lowest BCUT2D eigenvalue weighted by atomic mass is 9.84. The maximum Gasteiger partial charge on any atom is 0.324 e. The van der Waals surface area contributed by atoms with Crippen LogP contribution in [-0.2, 0) is 41.6 Å². The quantitative estimate of drug-likeness (QED) is 0.196. The molecular formula is C41H52N6O6S. The van der Waals surface area contributed by atoms with E-state index in [1.807, 2.05) is 32.2 Å². The number of rotatable bonds is 8. The Morgan fingerprint density at radius 1 is 1.22 bits per heavy atom. The molecule has 4 aromatic rings. The van der Waals surface area contributed by atoms with Gasteiger partial charge in [0.1, 0.15) is 23.2 Å². The van der Waals surface area contributed by atoms with Crippen molar-refractivity contribution in [1.29, 1.82) is 0 Å². The van der Waals surface area contributed by atoms with Gasteiger partial charge in [0, 0.05) is 71.7 Å². The van der Waals surface area contributed by atoms with Crippen molar-refractivity contribution in [3.63, 3.8) is 0 Å². The molecule has 0 radical (unpaired) electrons. The number of aromatic nitrogens is 3. The second-order valence-electron chi connectivity index (χ2n) is 15.6. The first-order valence-electron chi connectivity index (χ1n) is 19.2. The summed E-state index contributed by atoms with van der Waals surface area (Å²) in [5.74, 6) is -0.860. The first-order valence-corrected chi connectivity index (χ1v) is 20.1. The minimum Gasteiger partial charge on any atom is -0.464 e. The Hall–Kier alpha value is -4.17. The SMILES string of the molecule is CCO[C@@H]1c2nc(cs2)-c2ccc3c(c2)c(c(-c2cccnc2[C@H](C)OC)n3CC)CC(C)(C)COC(=O)[C@@H]2CCCN(N2)C(=O)[C@H]1NC(=O)[C@H]1C[C@@H]1C. The molecule has 2 aliphatic heterocycles. The third kappa shape index (κ3) is 7.43. The van der Waals surface area contributed by atoms with E-state index < -0.39 is 29.6 Å². The second-order valence-corrected chi connectivity index (χ2v) is 16.5. The summed E-state index contributed by atoms with van der Waals surface area (Å²) in [5.41, 5.74) is 9.47. The number of amides is 2. The third-order valence-corrected chi connectivity index (χ3v) is 11.9. The molecule has 13 heteroatoms. The van der Waals surface area contributed by atoms with Gasteiger partial charge in [-0.2, -0.15) is 0 Å². The van der Waals surface area contributed by atoms with Crippen LogP contribution in [0.15, 0.2) is 41.9 Å². The largest absolute Gasteiger partial charge is 0.464 e. The van der Waals surface area contributed by atoms with Crippen molar-refractivity contribution in [2.75, 3.05) is 26.9 Å². The van der Waals surface area contributed by atoms with Gasteiger partial charge in [0.05, 0.1) is 29.8 Å². The van der Waals surface area contributed by atoms with Crippen molar-refractivity contribution in [1.82, 2.24) is 30.3 Å². The number of nitrogens with one attached hydrogen (secondary N) is 2. The Balaban J connectivity index is 1.40. The van der Waals surface area contributed by atoms with Crippen molar-refractivity contribution in [2.45, 2.75) is 98.1 Å². The van der Waals surface area contributed by atoms with Crippen LogP contribution in [0.2, 0.25) is 0 Å². The second kappa shape index (κ2) is 15.5. The van der Waals surface area contributed by atoms with Crippen LogP contribution in [-0.4, -0.2) is 76.3 Å². The molecule has 54 heavy (non-hydrogen) atoms. The standard InChI is InChI=1S/C41H52N6O6S/c1-8-46-32-15-14-25-19-28(32)29(35(46)26-12-10-16-42-33(26)24(4)51-7)20-41(5,6)22-53-40(50)30-13-11-17-47(45-30)39(49)34(44-37(48)27-18-23(27)3)36(52-9-2)38-43-31(25)21-54-38/h10,12,14-16,19,21,23-24,27,30,34,36,45H,8-9,11,13,17-18,20,22H2,1-7H3,(H,44,48)/t23-,24-,27-,30-,34-,36-/m0/s1. The molecule has 2 N–H and O–H groups in total. The molecule has 3 aliphatic rings. The average Bonchev–Trinajstić information content (AvgIpc) is 3.58. The molecule has 7 rings (SSSR count). The number of nitrogens with zero attached hydrogens (tertiary/aromatic N) is 4. The van der Waals surface area contributed by atoms with Gasteiger partial charge in [0.2, 0.25) is 5.91 Å². The minimum absolute atomic E-state index is 0.151. The molecule has 2 fully saturated rings. The number of esters is 1. The first kappa shape index (κ1) is 38.1. The highest BCUT2D eigenvalue weighted by Crippen LogP contribution is 2.43. The zero-order valence-corrected chi connectivity index (χ0v) is 33.1. The van der Waals surface area contributed by atoms with Crippen LogP contribution in [0.5, 0.6) is 0 Å². The highest BCUT2D eigenvalue weighted by molar-refractivity contribution is 7.10. The van der Waals surface area contributed by atoms with Crippen molar-refractivity contribution in [3.8, 4) is 22.5 Å². The van der Waals surface area contributed by atoms with E-state index in [2.05, 4.69) is 60.3 Å². The number of thiazole rings is 1. The predicted molar refractivity (Wildman–Crippen MR) is 207 cm³/mol. The van der Waals surface area contributed by atoms with Gasteiger partial charge in [-0.25, -0.2) is 10.4 Å². The molecule has 5 heterocycles. The van der Waals surface area contributed by atoms with Gasteiger partial charge in [-0.3, -0.25) is 24.4 Å². The number of aryl methyl sites for hydroxylation is 1. The number of hydrogen-bond donors (Lipinski definition) is 2. The Labute approximate surface area is 320 Å². The zero-order valence-electron chi connectivity index (χ0n) is 32.3. The van der Waals surface area contributed by atoms with Crippen LogP contribution in [0.4, 0.5) is 0 Å². The number of benzene rings is 1. The van der Waals surface area contributed by atoms with E-state index in [4.69, 9.17) is 24.2 Å². The van der Waals surface area contributed by atoms with Crippen LogP contribution in [0, 0.1) is 17.3 Å². The maximum absolute atomic E-state index is 14.4. The Morgan fingerprint density at radius 3 is 2.74 bits per heavy atom. The van der Waals surface area contributed by atoms with Gasteiger partial charge in [0.15, 0.2) is 0 Å². The van der Waals surface area contributed by atoms with Crippen LogP contribution in [0.1, 0.15) is 89.3 Å². The summed E-state index contributed by atoms with van der Waals surface area (Å²) in [6, 6.07) is 8.71. The molecule has 1 aliphatic carbocycles. The summed E-state index contributed by atoms with van der Waals surface area (Å²) in [4.78, 5) is 51.5. The molecular weight excluding hydrogens is 705 g/mol. The fourth-order valence-corrected chi connectivity index (χ4v) is 8.80. The van der Waals surface area contributed by atoms with Crippen LogP contribution in [0.25, 0.3) is 33.4 Å². The van der Waals surface area contributed by atoms with E-state index in [-0.39, 0.29) is 36.4 Å². The fourth-order valence-electron chi connectivity index (χ4n) is 7.89.